The van der Waals surface area contributed by atoms with E-state index in [0.29, 0.717) is 0 Å². The molecule has 0 radical (unpaired) electrons. The maximum absolute atomic E-state index is 4.89. The van der Waals surface area contributed by atoms with Crippen molar-refractivity contribution in [3.8, 4) is 0 Å². The minimum absolute atomic E-state index is 0.586. The van der Waals surface area contributed by atoms with Gasteiger partial charge in [-0.15, -0.1) is 0 Å². The minimum atomic E-state index is -0.586. The molecule has 2 rings (SSSR count). The SMILES string of the molecule is C[c-]1[cH-][cH-][cH-][cH-]1.C[c-]1cccc1.[Cl][Mo][Cl]. The summed E-state index contributed by atoms with van der Waals surface area (Å²) in [5.41, 5.74) is 2.69. The summed E-state index contributed by atoms with van der Waals surface area (Å²) >= 11 is -0.586. The number of hydrogen-bond donors (Lipinski definition) is 0. The Kier molecular flexibility index (Phi) is 10.5. The van der Waals surface area contributed by atoms with Gasteiger partial charge in [-0.05, 0) is 0 Å². The Morgan fingerprint density at radius 2 is 1.40 bits per heavy atom. The zero-order valence-corrected chi connectivity index (χ0v) is 12.3. The quantitative estimate of drug-likeness (QED) is 0.482. The van der Waals surface area contributed by atoms with Crippen molar-refractivity contribution >= 4 is 18.8 Å². The first-order valence-corrected chi connectivity index (χ1v) is 9.63. The van der Waals surface area contributed by atoms with Crippen LogP contribution in [-0.4, -0.2) is 0 Å². The Morgan fingerprint density at radius 3 is 1.53 bits per heavy atom. The molecular formula is C12H14Cl2Mo-6. The van der Waals surface area contributed by atoms with E-state index in [9.17, 15) is 0 Å². The molecule has 2 aromatic rings. The summed E-state index contributed by atoms with van der Waals surface area (Å²) in [5, 5.41) is 0. The molecule has 0 saturated heterocycles. The molecule has 0 aromatic heterocycles. The number of aryl methyl sites for hydroxylation is 2. The van der Waals surface area contributed by atoms with Gasteiger partial charge in [-0.2, -0.15) is 17.7 Å². The molecule has 15 heavy (non-hydrogen) atoms. The zero-order valence-electron chi connectivity index (χ0n) is 8.78. The van der Waals surface area contributed by atoms with E-state index in [1.54, 1.807) is 0 Å². The molecule has 0 atom stereocenters. The van der Waals surface area contributed by atoms with Gasteiger partial charge in [0, 0.05) is 0 Å². The molecule has 0 N–H and O–H groups in total. The molecule has 0 spiro atoms. The van der Waals surface area contributed by atoms with E-state index in [1.165, 1.54) is 11.1 Å². The second kappa shape index (κ2) is 10.5. The third-order valence-corrected chi connectivity index (χ3v) is 1.66. The summed E-state index contributed by atoms with van der Waals surface area (Å²) in [6.07, 6.45) is 0. The molecule has 2 aromatic carbocycles. The average molecular weight is 325 g/mol. The van der Waals surface area contributed by atoms with Crippen molar-refractivity contribution in [3.63, 3.8) is 0 Å². The van der Waals surface area contributed by atoms with E-state index in [-0.39, 0.29) is 0 Å². The van der Waals surface area contributed by atoms with Crippen LogP contribution in [0.25, 0.3) is 0 Å². The zero-order chi connectivity index (χ0) is 11.5. The predicted octanol–water partition coefficient (Wildman–Crippen LogP) is 4.80. The van der Waals surface area contributed by atoms with Crippen LogP contribution in [0.1, 0.15) is 11.1 Å². The second-order valence-corrected chi connectivity index (χ2v) is 6.03. The Labute approximate surface area is 108 Å². The average Bonchev–Trinajstić information content (AvgIpc) is 2.81. The fraction of sp³-hybridized carbons (Fsp3) is 0.167. The van der Waals surface area contributed by atoms with E-state index in [0.717, 1.165) is 0 Å². The number of halogens is 2. The fourth-order valence-electron chi connectivity index (χ4n) is 0.940. The number of hydrogen-bond acceptors (Lipinski definition) is 0. The van der Waals surface area contributed by atoms with Crippen molar-refractivity contribution in [2.24, 2.45) is 0 Å². The molecule has 0 nitrogen and oxygen atoms in total. The van der Waals surface area contributed by atoms with E-state index in [1.807, 2.05) is 24.3 Å². The van der Waals surface area contributed by atoms with Gasteiger partial charge in [0.25, 0.3) is 0 Å². The van der Waals surface area contributed by atoms with Gasteiger partial charge in [0.05, 0.1) is 0 Å². The molecule has 0 aliphatic heterocycles. The molecule has 0 heterocycles. The van der Waals surface area contributed by atoms with Gasteiger partial charge in [-0.3, -0.25) is 0 Å². The fourth-order valence-corrected chi connectivity index (χ4v) is 0.940. The van der Waals surface area contributed by atoms with Gasteiger partial charge < -0.3 is 29.8 Å². The van der Waals surface area contributed by atoms with E-state index in [4.69, 9.17) is 18.8 Å². The molecule has 0 aliphatic rings. The molecule has 0 fully saturated rings. The molecule has 88 valence electrons. The van der Waals surface area contributed by atoms with Crippen molar-refractivity contribution in [3.05, 3.63) is 59.7 Å². The summed E-state index contributed by atoms with van der Waals surface area (Å²) in [7, 11) is 9.79. The first-order chi connectivity index (χ1) is 7.20. The Hall–Kier alpha value is -0.0317. The summed E-state index contributed by atoms with van der Waals surface area (Å²) in [4.78, 5) is 0. The van der Waals surface area contributed by atoms with E-state index in [2.05, 4.69) is 38.1 Å². The van der Waals surface area contributed by atoms with Crippen molar-refractivity contribution in [2.45, 2.75) is 13.8 Å². The van der Waals surface area contributed by atoms with Crippen LogP contribution >= 0.6 is 18.8 Å². The standard InChI is InChI=1S/2C6H7.2ClH.Mo/c2*1-6-4-2-3-5-6;;;/h2*2-5H,1H3;2*1H;/q-5;-1;;;+2/p-2. The van der Waals surface area contributed by atoms with Crippen LogP contribution in [0.3, 0.4) is 0 Å². The molecular weight excluding hydrogens is 311 g/mol. The van der Waals surface area contributed by atoms with Crippen molar-refractivity contribution in [2.75, 3.05) is 0 Å². The van der Waals surface area contributed by atoms with E-state index >= 15 is 0 Å². The van der Waals surface area contributed by atoms with Crippen LogP contribution in [0.2, 0.25) is 0 Å². The normalized spacial score (nSPS) is 8.27. The summed E-state index contributed by atoms with van der Waals surface area (Å²) < 4.78 is 0. The van der Waals surface area contributed by atoms with Gasteiger partial charge in [-0.25, -0.2) is 19.1 Å². The Balaban J connectivity index is 0.000000210. The summed E-state index contributed by atoms with van der Waals surface area (Å²) in [6, 6.07) is 16.5. The van der Waals surface area contributed by atoms with Gasteiger partial charge in [0.15, 0.2) is 0 Å². The van der Waals surface area contributed by atoms with Crippen molar-refractivity contribution < 1.29 is 16.5 Å². The van der Waals surface area contributed by atoms with Crippen LogP contribution in [0.4, 0.5) is 0 Å². The Bertz CT molecular complexity index is 266. The van der Waals surface area contributed by atoms with Gasteiger partial charge in [-0.1, -0.05) is 6.92 Å². The van der Waals surface area contributed by atoms with Crippen molar-refractivity contribution in [1.29, 1.82) is 0 Å². The molecule has 0 amide bonds. The molecule has 0 bridgehead atoms. The maximum atomic E-state index is 4.89. The molecule has 0 saturated carbocycles. The first-order valence-electron chi connectivity index (χ1n) is 4.46. The van der Waals surface area contributed by atoms with Crippen LogP contribution < -0.4 is 0 Å². The Morgan fingerprint density at radius 1 is 1.00 bits per heavy atom. The van der Waals surface area contributed by atoms with Gasteiger partial charge >= 0.3 is 35.3 Å². The summed E-state index contributed by atoms with van der Waals surface area (Å²) in [6.45, 7) is 4.17. The van der Waals surface area contributed by atoms with Gasteiger partial charge in [0.1, 0.15) is 0 Å². The van der Waals surface area contributed by atoms with Crippen molar-refractivity contribution in [1.82, 2.24) is 0 Å². The first kappa shape index (κ1) is 15.0. The van der Waals surface area contributed by atoms with E-state index < -0.39 is 16.5 Å². The topological polar surface area (TPSA) is 0 Å². The third kappa shape index (κ3) is 10.3. The van der Waals surface area contributed by atoms with Crippen LogP contribution in [-0.2, 0) is 16.5 Å². The van der Waals surface area contributed by atoms with Crippen LogP contribution in [0.5, 0.6) is 0 Å². The second-order valence-electron chi connectivity index (χ2n) is 2.98. The number of rotatable bonds is 0. The van der Waals surface area contributed by atoms with Crippen LogP contribution in [0, 0.1) is 13.8 Å². The van der Waals surface area contributed by atoms with Gasteiger partial charge in [0.2, 0.25) is 0 Å². The predicted molar refractivity (Wildman–Crippen MR) is 65.3 cm³/mol. The summed E-state index contributed by atoms with van der Waals surface area (Å²) in [5.74, 6) is 0. The monoisotopic (exact) mass is 326 g/mol. The molecule has 0 aliphatic carbocycles. The van der Waals surface area contributed by atoms with Crippen LogP contribution in [0.15, 0.2) is 48.5 Å². The molecule has 0 unspecified atom stereocenters. The third-order valence-electron chi connectivity index (χ3n) is 1.66. The molecule has 3 heteroatoms.